The predicted octanol–water partition coefficient (Wildman–Crippen LogP) is 2.13. The van der Waals surface area contributed by atoms with Crippen LogP contribution in [0.25, 0.3) is 0 Å². The van der Waals surface area contributed by atoms with Gasteiger partial charge >= 0.3 is 0 Å². The zero-order valence-corrected chi connectivity index (χ0v) is 9.67. The van der Waals surface area contributed by atoms with Crippen molar-refractivity contribution in [1.82, 2.24) is 10.6 Å². The summed E-state index contributed by atoms with van der Waals surface area (Å²) in [6.07, 6.45) is 0. The van der Waals surface area contributed by atoms with Crippen LogP contribution in [0.1, 0.15) is 11.6 Å². The monoisotopic (exact) mass is 250 g/mol. The smallest absolute Gasteiger partial charge is 0.125 e. The van der Waals surface area contributed by atoms with Crippen LogP contribution in [-0.2, 0) is 0 Å². The number of benzene rings is 1. The Balaban J connectivity index is 0.00000112. The SMILES string of the molecule is Cl.Fc1cc(Cl)cc([C@H]2CNCCN2)c1. The molecular formula is C10H13Cl2FN2. The Labute approximate surface area is 99.6 Å². The van der Waals surface area contributed by atoms with Crippen LogP contribution in [0.15, 0.2) is 18.2 Å². The lowest BCUT2D eigenvalue weighted by molar-refractivity contribution is 0.428. The third-order valence-electron chi connectivity index (χ3n) is 2.33. The highest BCUT2D eigenvalue weighted by Crippen LogP contribution is 2.20. The number of hydrogen-bond acceptors (Lipinski definition) is 2. The maximum Gasteiger partial charge on any atom is 0.125 e. The van der Waals surface area contributed by atoms with Crippen molar-refractivity contribution >= 4 is 24.0 Å². The molecule has 1 fully saturated rings. The first kappa shape index (κ1) is 12.7. The van der Waals surface area contributed by atoms with E-state index in [1.54, 1.807) is 6.07 Å². The van der Waals surface area contributed by atoms with Gasteiger partial charge in [-0.05, 0) is 23.8 Å². The molecule has 1 aliphatic heterocycles. The van der Waals surface area contributed by atoms with Crippen LogP contribution in [-0.4, -0.2) is 19.6 Å². The van der Waals surface area contributed by atoms with Crippen LogP contribution < -0.4 is 10.6 Å². The highest BCUT2D eigenvalue weighted by Gasteiger charge is 2.15. The summed E-state index contributed by atoms with van der Waals surface area (Å²) in [6.45, 7) is 2.68. The number of piperazine rings is 1. The fourth-order valence-corrected chi connectivity index (χ4v) is 1.90. The van der Waals surface area contributed by atoms with E-state index in [1.165, 1.54) is 12.1 Å². The first-order valence-electron chi connectivity index (χ1n) is 4.66. The van der Waals surface area contributed by atoms with Gasteiger partial charge in [0.05, 0.1) is 0 Å². The van der Waals surface area contributed by atoms with Crippen molar-refractivity contribution < 1.29 is 4.39 Å². The zero-order chi connectivity index (χ0) is 9.97. The molecule has 1 atom stereocenters. The summed E-state index contributed by atoms with van der Waals surface area (Å²) >= 11 is 5.78. The minimum Gasteiger partial charge on any atom is -0.314 e. The fourth-order valence-electron chi connectivity index (χ4n) is 1.67. The molecule has 2 nitrogen and oxygen atoms in total. The molecule has 1 aromatic carbocycles. The van der Waals surface area contributed by atoms with E-state index in [4.69, 9.17) is 11.6 Å². The third-order valence-corrected chi connectivity index (χ3v) is 2.55. The maximum absolute atomic E-state index is 13.1. The molecule has 0 aromatic heterocycles. The minimum atomic E-state index is -0.278. The Kier molecular flexibility index (Phi) is 4.80. The molecule has 0 aliphatic carbocycles. The zero-order valence-electron chi connectivity index (χ0n) is 8.09. The molecule has 0 unspecified atom stereocenters. The van der Waals surface area contributed by atoms with E-state index in [0.717, 1.165) is 25.2 Å². The van der Waals surface area contributed by atoms with E-state index in [0.29, 0.717) is 5.02 Å². The summed E-state index contributed by atoms with van der Waals surface area (Å²) in [5, 5.41) is 7.00. The summed E-state index contributed by atoms with van der Waals surface area (Å²) in [5.41, 5.74) is 0.905. The Morgan fingerprint density at radius 2 is 2.07 bits per heavy atom. The summed E-state index contributed by atoms with van der Waals surface area (Å²) in [7, 11) is 0. The van der Waals surface area contributed by atoms with Crippen LogP contribution in [0.5, 0.6) is 0 Å². The van der Waals surface area contributed by atoms with Gasteiger partial charge in [-0.25, -0.2) is 4.39 Å². The standard InChI is InChI=1S/C10H12ClFN2.ClH/c11-8-3-7(4-9(12)5-8)10-6-13-1-2-14-10;/h3-5,10,13-14H,1-2,6H2;1H/t10-;/m1./s1. The highest BCUT2D eigenvalue weighted by atomic mass is 35.5. The molecule has 1 aliphatic rings. The van der Waals surface area contributed by atoms with E-state index >= 15 is 0 Å². The van der Waals surface area contributed by atoms with Crippen LogP contribution in [0.3, 0.4) is 0 Å². The lowest BCUT2D eigenvalue weighted by atomic mass is 10.1. The average molecular weight is 251 g/mol. The summed E-state index contributed by atoms with van der Waals surface area (Å²) in [5.74, 6) is -0.278. The molecule has 1 saturated heterocycles. The van der Waals surface area contributed by atoms with Gasteiger partial charge in [0.1, 0.15) is 5.82 Å². The van der Waals surface area contributed by atoms with Gasteiger partial charge in [-0.2, -0.15) is 0 Å². The molecule has 84 valence electrons. The summed E-state index contributed by atoms with van der Waals surface area (Å²) in [4.78, 5) is 0. The molecule has 2 N–H and O–H groups in total. The van der Waals surface area contributed by atoms with E-state index < -0.39 is 0 Å². The highest BCUT2D eigenvalue weighted by molar-refractivity contribution is 6.30. The number of nitrogens with one attached hydrogen (secondary N) is 2. The molecule has 15 heavy (non-hydrogen) atoms. The Bertz CT molecular complexity index is 307. The van der Waals surface area contributed by atoms with E-state index in [9.17, 15) is 4.39 Å². The molecule has 0 amide bonds. The van der Waals surface area contributed by atoms with Crippen molar-refractivity contribution in [2.45, 2.75) is 6.04 Å². The Hall–Kier alpha value is -0.350. The Morgan fingerprint density at radius 1 is 1.27 bits per heavy atom. The van der Waals surface area contributed by atoms with Gasteiger partial charge in [-0.3, -0.25) is 0 Å². The number of rotatable bonds is 1. The second-order valence-corrected chi connectivity index (χ2v) is 3.85. The molecule has 5 heteroatoms. The second-order valence-electron chi connectivity index (χ2n) is 3.41. The minimum absolute atomic E-state index is 0. The first-order chi connectivity index (χ1) is 6.75. The molecular weight excluding hydrogens is 238 g/mol. The van der Waals surface area contributed by atoms with Crippen molar-refractivity contribution in [1.29, 1.82) is 0 Å². The maximum atomic E-state index is 13.1. The van der Waals surface area contributed by atoms with Crippen molar-refractivity contribution in [2.75, 3.05) is 19.6 Å². The second kappa shape index (κ2) is 5.66. The van der Waals surface area contributed by atoms with Crippen molar-refractivity contribution in [2.24, 2.45) is 0 Å². The molecule has 1 aromatic rings. The lowest BCUT2D eigenvalue weighted by Gasteiger charge is -2.24. The van der Waals surface area contributed by atoms with E-state index in [1.807, 2.05) is 0 Å². The average Bonchev–Trinajstić information content (AvgIpc) is 2.18. The predicted molar refractivity (Wildman–Crippen MR) is 62.3 cm³/mol. The fraction of sp³-hybridized carbons (Fsp3) is 0.400. The normalized spacial score (nSPS) is 20.8. The van der Waals surface area contributed by atoms with Crippen molar-refractivity contribution in [3.05, 3.63) is 34.6 Å². The van der Waals surface area contributed by atoms with Crippen molar-refractivity contribution in [3.8, 4) is 0 Å². The van der Waals surface area contributed by atoms with E-state index in [-0.39, 0.29) is 24.3 Å². The quantitative estimate of drug-likeness (QED) is 0.799. The molecule has 0 radical (unpaired) electrons. The van der Waals surface area contributed by atoms with E-state index in [2.05, 4.69) is 10.6 Å². The summed E-state index contributed by atoms with van der Waals surface area (Å²) < 4.78 is 13.1. The summed E-state index contributed by atoms with van der Waals surface area (Å²) in [6, 6.07) is 4.81. The van der Waals surface area contributed by atoms with Gasteiger partial charge in [0.15, 0.2) is 0 Å². The van der Waals surface area contributed by atoms with Gasteiger partial charge < -0.3 is 10.6 Å². The lowest BCUT2D eigenvalue weighted by Crippen LogP contribution is -2.42. The van der Waals surface area contributed by atoms with Crippen LogP contribution in [0.2, 0.25) is 5.02 Å². The molecule has 0 spiro atoms. The first-order valence-corrected chi connectivity index (χ1v) is 5.03. The topological polar surface area (TPSA) is 24.1 Å². The van der Waals surface area contributed by atoms with Gasteiger partial charge in [0.2, 0.25) is 0 Å². The third kappa shape index (κ3) is 3.31. The van der Waals surface area contributed by atoms with Gasteiger partial charge in [-0.15, -0.1) is 12.4 Å². The largest absolute Gasteiger partial charge is 0.314 e. The Morgan fingerprint density at radius 3 is 2.67 bits per heavy atom. The number of halogens is 3. The molecule has 1 heterocycles. The number of hydrogen-bond donors (Lipinski definition) is 2. The molecule has 0 bridgehead atoms. The van der Waals surface area contributed by atoms with Gasteiger partial charge in [0.25, 0.3) is 0 Å². The van der Waals surface area contributed by atoms with Crippen LogP contribution in [0, 0.1) is 5.82 Å². The van der Waals surface area contributed by atoms with Gasteiger partial charge in [0, 0.05) is 30.7 Å². The van der Waals surface area contributed by atoms with Crippen LogP contribution in [0.4, 0.5) is 4.39 Å². The van der Waals surface area contributed by atoms with Crippen LogP contribution >= 0.6 is 24.0 Å². The van der Waals surface area contributed by atoms with Gasteiger partial charge in [-0.1, -0.05) is 11.6 Å². The molecule has 0 saturated carbocycles. The molecule has 2 rings (SSSR count). The van der Waals surface area contributed by atoms with Crippen molar-refractivity contribution in [3.63, 3.8) is 0 Å².